The minimum Gasteiger partial charge on any atom is -0.490 e. The van der Waals surface area contributed by atoms with Crippen molar-refractivity contribution in [2.75, 3.05) is 45.9 Å². The van der Waals surface area contributed by atoms with Crippen molar-refractivity contribution in [2.24, 2.45) is 40.5 Å². The molecule has 73 heavy (non-hydrogen) atoms. The normalized spacial score (nSPS) is 36.5. The summed E-state index contributed by atoms with van der Waals surface area (Å²) in [6, 6.07) is 17.0. The lowest BCUT2D eigenvalue weighted by atomic mass is 9.74. The molecule has 11 rings (SSSR count). The number of amides is 1. The van der Waals surface area contributed by atoms with Crippen molar-refractivity contribution in [3.63, 3.8) is 0 Å². The van der Waals surface area contributed by atoms with Crippen LogP contribution < -0.4 is 37.1 Å². The van der Waals surface area contributed by atoms with Gasteiger partial charge in [0.15, 0.2) is 0 Å². The second-order valence-corrected chi connectivity index (χ2v) is 25.6. The SMILES string of the molecule is CC1SC2C(C(c3ccc(CC4CN(CC5CCN(C6CC(C7CCCCCCC7)C(C(=O)NC7CCC(Oc8ccc(C#N)c(Cl)c8)CC7)NN6)CC5)C4)cc3)=N[C@H](CC3NCCO3)C3NNC(C)N23)C1C. The van der Waals surface area contributed by atoms with E-state index in [0.29, 0.717) is 56.5 Å². The largest absolute Gasteiger partial charge is 0.490 e. The molecule has 0 spiro atoms. The van der Waals surface area contributed by atoms with E-state index in [1.807, 2.05) is 6.07 Å². The van der Waals surface area contributed by atoms with Crippen molar-refractivity contribution in [3.05, 3.63) is 64.2 Å². The van der Waals surface area contributed by atoms with Crippen LogP contribution in [-0.4, -0.2) is 132 Å². The molecule has 2 aromatic carbocycles. The fourth-order valence-electron chi connectivity index (χ4n) is 14.5. The number of hydrogen-bond donors (Lipinski definition) is 6. The molecule has 0 bridgehead atoms. The quantitative estimate of drug-likeness (QED) is 0.119. The van der Waals surface area contributed by atoms with E-state index in [1.165, 1.54) is 94.3 Å². The Hall–Kier alpha value is -2.85. The molecule has 7 aliphatic heterocycles. The molecule has 6 N–H and O–H groups in total. The lowest BCUT2D eigenvalue weighted by molar-refractivity contribution is -0.129. The van der Waals surface area contributed by atoms with E-state index in [9.17, 15) is 10.1 Å². The molecule has 14 nitrogen and oxygen atoms in total. The number of hydrazine groups is 2. The molecule has 1 amide bonds. The molecular weight excluding hydrogens is 954 g/mol. The van der Waals surface area contributed by atoms with Gasteiger partial charge in [0.1, 0.15) is 24.1 Å². The highest BCUT2D eigenvalue weighted by Crippen LogP contribution is 2.49. The number of piperidine rings is 1. The zero-order valence-electron chi connectivity index (χ0n) is 43.8. The summed E-state index contributed by atoms with van der Waals surface area (Å²) in [5, 5.41) is 17.7. The van der Waals surface area contributed by atoms with Crippen LogP contribution in [0.2, 0.25) is 5.02 Å². The van der Waals surface area contributed by atoms with Crippen molar-refractivity contribution < 1.29 is 14.3 Å². The molecule has 2 aromatic rings. The Morgan fingerprint density at radius 2 is 1.68 bits per heavy atom. The van der Waals surface area contributed by atoms with Crippen molar-refractivity contribution in [2.45, 2.75) is 183 Å². The van der Waals surface area contributed by atoms with E-state index in [1.54, 1.807) is 12.1 Å². The van der Waals surface area contributed by atoms with Gasteiger partial charge in [-0.2, -0.15) is 5.26 Å². The highest BCUT2D eigenvalue weighted by Gasteiger charge is 2.53. The summed E-state index contributed by atoms with van der Waals surface area (Å²) in [4.78, 5) is 28.0. The molecule has 2 aliphatic carbocycles. The number of nitrogens with zero attached hydrogens (tertiary/aromatic N) is 5. The number of hydrogen-bond acceptors (Lipinski definition) is 14. The molecule has 398 valence electrons. The number of fused-ring (bicyclic) bond motifs is 3. The average molecular weight is 1040 g/mol. The molecule has 7 heterocycles. The van der Waals surface area contributed by atoms with Crippen LogP contribution in [0.1, 0.15) is 134 Å². The Labute approximate surface area is 444 Å². The van der Waals surface area contributed by atoms with Crippen molar-refractivity contribution >= 4 is 35.0 Å². The van der Waals surface area contributed by atoms with E-state index < -0.39 is 0 Å². The number of carbonyl (C=O) groups is 1. The van der Waals surface area contributed by atoms with Gasteiger partial charge in [-0.15, -0.1) is 11.8 Å². The molecule has 0 aromatic heterocycles. The molecule has 9 aliphatic rings. The summed E-state index contributed by atoms with van der Waals surface area (Å²) in [5.74, 6) is 4.10. The fraction of sp³-hybridized carbons (Fsp3) is 0.737. The Morgan fingerprint density at radius 3 is 2.41 bits per heavy atom. The zero-order chi connectivity index (χ0) is 50.0. The summed E-state index contributed by atoms with van der Waals surface area (Å²) in [7, 11) is 0. The summed E-state index contributed by atoms with van der Waals surface area (Å²) >= 11 is 8.41. The van der Waals surface area contributed by atoms with Gasteiger partial charge in [-0.25, -0.2) is 21.7 Å². The summed E-state index contributed by atoms with van der Waals surface area (Å²) in [6.45, 7) is 14.7. The predicted octanol–water partition coefficient (Wildman–Crippen LogP) is 7.38. The molecule has 2 saturated carbocycles. The molecule has 8 fully saturated rings. The number of carbonyl (C=O) groups excluding carboxylic acids is 1. The van der Waals surface area contributed by atoms with Crippen LogP contribution in [0.25, 0.3) is 0 Å². The Kier molecular flexibility index (Phi) is 17.0. The van der Waals surface area contributed by atoms with Crippen molar-refractivity contribution in [1.82, 2.24) is 47.0 Å². The van der Waals surface area contributed by atoms with E-state index in [2.05, 4.69) is 110 Å². The second kappa shape index (κ2) is 23.8. The summed E-state index contributed by atoms with van der Waals surface area (Å²) in [6.07, 6.45) is 18.8. The smallest absolute Gasteiger partial charge is 0.239 e. The molecule has 6 saturated heterocycles. The highest BCUT2D eigenvalue weighted by molar-refractivity contribution is 8.00. The number of nitriles is 1. The molecular formula is C57H84ClN11O3S. The first-order valence-electron chi connectivity index (χ1n) is 28.7. The van der Waals surface area contributed by atoms with Crippen LogP contribution in [0.15, 0.2) is 47.5 Å². The van der Waals surface area contributed by atoms with Crippen LogP contribution >= 0.6 is 23.4 Å². The zero-order valence-corrected chi connectivity index (χ0v) is 45.4. The number of aliphatic imine (C=N–C) groups is 1. The third kappa shape index (κ3) is 12.0. The topological polar surface area (TPSA) is 154 Å². The number of rotatable bonds is 13. The van der Waals surface area contributed by atoms with Gasteiger partial charge >= 0.3 is 0 Å². The Morgan fingerprint density at radius 1 is 0.918 bits per heavy atom. The number of halogens is 1. The number of ether oxygens (including phenoxy) is 2. The van der Waals surface area contributed by atoms with Crippen LogP contribution in [0, 0.1) is 46.8 Å². The minimum absolute atomic E-state index is 0.0465. The highest BCUT2D eigenvalue weighted by atomic mass is 35.5. The third-order valence-electron chi connectivity index (χ3n) is 18.9. The summed E-state index contributed by atoms with van der Waals surface area (Å²) < 4.78 is 12.3. The van der Waals surface area contributed by atoms with E-state index >= 15 is 0 Å². The van der Waals surface area contributed by atoms with Gasteiger partial charge in [0, 0.05) is 61.6 Å². The first kappa shape index (κ1) is 52.2. The van der Waals surface area contributed by atoms with E-state index in [-0.39, 0.29) is 54.9 Å². The first-order chi connectivity index (χ1) is 35.6. The van der Waals surface area contributed by atoms with Gasteiger partial charge in [-0.3, -0.25) is 24.9 Å². The maximum atomic E-state index is 14.2. The lowest BCUT2D eigenvalue weighted by Crippen LogP contribution is -2.67. The van der Waals surface area contributed by atoms with E-state index in [0.717, 1.165) is 77.1 Å². The van der Waals surface area contributed by atoms with Crippen LogP contribution in [0.3, 0.4) is 0 Å². The van der Waals surface area contributed by atoms with Crippen LogP contribution in [0.5, 0.6) is 5.75 Å². The second-order valence-electron chi connectivity index (χ2n) is 23.7. The predicted molar refractivity (Wildman–Crippen MR) is 291 cm³/mol. The van der Waals surface area contributed by atoms with Gasteiger partial charge in [0.2, 0.25) is 5.91 Å². The fourth-order valence-corrected chi connectivity index (χ4v) is 16.6. The summed E-state index contributed by atoms with van der Waals surface area (Å²) in [5.41, 5.74) is 19.0. The van der Waals surface area contributed by atoms with Gasteiger partial charge in [0.05, 0.1) is 53.2 Å². The number of nitrogens with one attached hydrogen (secondary N) is 6. The van der Waals surface area contributed by atoms with Crippen LogP contribution in [-0.2, 0) is 16.0 Å². The third-order valence-corrected chi connectivity index (χ3v) is 20.9. The first-order valence-corrected chi connectivity index (χ1v) is 30.1. The Bertz CT molecular complexity index is 2230. The average Bonchev–Trinajstić information content (AvgIpc) is 4.09. The number of benzene rings is 2. The van der Waals surface area contributed by atoms with Crippen molar-refractivity contribution in [1.29, 1.82) is 5.26 Å². The number of likely N-dealkylation sites (tertiary alicyclic amines) is 2. The van der Waals surface area contributed by atoms with E-state index in [4.69, 9.17) is 26.1 Å². The van der Waals surface area contributed by atoms with Gasteiger partial charge in [-0.05, 0) is 124 Å². The van der Waals surface area contributed by atoms with Gasteiger partial charge in [-0.1, -0.05) is 94.7 Å². The van der Waals surface area contributed by atoms with Gasteiger partial charge in [0.25, 0.3) is 0 Å². The molecule has 16 heteroatoms. The maximum Gasteiger partial charge on any atom is 0.239 e. The van der Waals surface area contributed by atoms with Crippen molar-refractivity contribution in [3.8, 4) is 11.8 Å². The molecule has 11 atom stereocenters. The van der Waals surface area contributed by atoms with Gasteiger partial charge < -0.3 is 19.7 Å². The van der Waals surface area contributed by atoms with Crippen LogP contribution in [0.4, 0.5) is 0 Å². The minimum atomic E-state index is -0.224. The lowest BCUT2D eigenvalue weighted by Gasteiger charge is -2.48. The Balaban J connectivity index is 0.648. The standard InChI is InChI=1S/C57H84ClN11O3S/c1-35-36(2)73-57-52(35)53(62-49(30-51-60-23-26-71-51)55-66-63-37(3)69(55)57)42-13-11-38(12-14-42)27-40-33-67(34-40)32-39-21-24-68(25-22-39)50-29-47(41-9-7-5-4-6-8-10-41)54(65-64-50)56(70)61-44-16-19-45(20-17-44)72-46-18-15-43(31-59)48(58)28-46/h11-15,18,28,35-37,39-41,44-45,47,49-52,54-55,57,60,63-66H,4-10,16-17,19-27,29-30,32-34H2,1-3H3,(H,61,70)/t35?,36?,37?,44?,45?,47?,49-,50?,51?,52?,54?,55?,57?/m1/s1. The maximum absolute atomic E-state index is 14.2. The number of thioether (sulfide) groups is 1. The molecule has 10 unspecified atom stereocenters. The molecule has 0 radical (unpaired) electrons. The monoisotopic (exact) mass is 1040 g/mol.